The summed E-state index contributed by atoms with van der Waals surface area (Å²) in [7, 11) is 0. The van der Waals surface area contributed by atoms with Crippen molar-refractivity contribution in [1.82, 2.24) is 4.90 Å². The second-order valence-corrected chi connectivity index (χ2v) is 8.48. The van der Waals surface area contributed by atoms with E-state index in [2.05, 4.69) is 15.9 Å². The summed E-state index contributed by atoms with van der Waals surface area (Å²) in [6, 6.07) is 0. The highest BCUT2D eigenvalue weighted by molar-refractivity contribution is 9.10. The van der Waals surface area contributed by atoms with E-state index in [0.29, 0.717) is 0 Å². The molecule has 126 valence electrons. The summed E-state index contributed by atoms with van der Waals surface area (Å²) in [5.74, 6) is -2.47. The number of rotatable bonds is 5. The zero-order chi connectivity index (χ0) is 17.0. The van der Waals surface area contributed by atoms with E-state index < -0.39 is 33.8 Å². The Balaban J connectivity index is 1.67. The van der Waals surface area contributed by atoms with Crippen LogP contribution >= 0.6 is 15.9 Å². The number of fused-ring (bicyclic) bond motifs is 5. The molecule has 3 rings (SSSR count). The van der Waals surface area contributed by atoms with Crippen molar-refractivity contribution in [2.75, 3.05) is 19.8 Å². The van der Waals surface area contributed by atoms with Gasteiger partial charge in [0.2, 0.25) is 11.8 Å². The van der Waals surface area contributed by atoms with Gasteiger partial charge >= 0.3 is 5.97 Å². The third-order valence-electron chi connectivity index (χ3n) is 4.53. The van der Waals surface area contributed by atoms with Gasteiger partial charge in [0.15, 0.2) is 0 Å². The van der Waals surface area contributed by atoms with Crippen molar-refractivity contribution in [3.63, 3.8) is 0 Å². The molecule has 7 nitrogen and oxygen atoms in total. The number of aliphatic hydroxyl groups excluding tert-OH is 1. The number of imide groups is 1. The van der Waals surface area contributed by atoms with Gasteiger partial charge in [-0.2, -0.15) is 0 Å². The summed E-state index contributed by atoms with van der Waals surface area (Å²) in [6.07, 6.45) is 2.91. The SMILES string of the molecule is CC(C)(Br)C(=O)OCCN1C(=O)C2C3C=CC(CO)(O3)C2C1=O. The third-order valence-corrected chi connectivity index (χ3v) is 4.85. The first-order valence-electron chi connectivity index (χ1n) is 7.41. The first-order valence-corrected chi connectivity index (χ1v) is 8.20. The van der Waals surface area contributed by atoms with Crippen LogP contribution in [0.2, 0.25) is 0 Å². The largest absolute Gasteiger partial charge is 0.463 e. The van der Waals surface area contributed by atoms with E-state index in [4.69, 9.17) is 9.47 Å². The topological polar surface area (TPSA) is 93.1 Å². The van der Waals surface area contributed by atoms with E-state index in [1.54, 1.807) is 26.0 Å². The average Bonchev–Trinajstić information content (AvgIpc) is 3.12. The highest BCUT2D eigenvalue weighted by Gasteiger charge is 2.67. The Morgan fingerprint density at radius 2 is 2.17 bits per heavy atom. The average molecular weight is 388 g/mol. The van der Waals surface area contributed by atoms with E-state index in [1.165, 1.54) is 0 Å². The minimum absolute atomic E-state index is 0.00765. The summed E-state index contributed by atoms with van der Waals surface area (Å²) in [5.41, 5.74) is -1.09. The fraction of sp³-hybridized carbons (Fsp3) is 0.667. The molecule has 0 aromatic heterocycles. The van der Waals surface area contributed by atoms with Crippen LogP contribution in [-0.4, -0.2) is 63.6 Å². The molecule has 4 unspecified atom stereocenters. The zero-order valence-corrected chi connectivity index (χ0v) is 14.4. The highest BCUT2D eigenvalue weighted by Crippen LogP contribution is 2.51. The van der Waals surface area contributed by atoms with E-state index in [9.17, 15) is 19.5 Å². The second-order valence-electron chi connectivity index (χ2n) is 6.49. The molecule has 2 fully saturated rings. The van der Waals surface area contributed by atoms with Gasteiger partial charge in [0.05, 0.1) is 31.1 Å². The summed E-state index contributed by atoms with van der Waals surface area (Å²) in [4.78, 5) is 37.8. The van der Waals surface area contributed by atoms with Gasteiger partial charge in [-0.05, 0) is 13.8 Å². The maximum atomic E-state index is 12.6. The van der Waals surface area contributed by atoms with Crippen LogP contribution < -0.4 is 0 Å². The Morgan fingerprint density at radius 1 is 1.48 bits per heavy atom. The number of ether oxygens (including phenoxy) is 2. The predicted octanol–water partition coefficient (Wildman–Crippen LogP) is 0.00400. The Morgan fingerprint density at radius 3 is 2.78 bits per heavy atom. The van der Waals surface area contributed by atoms with Gasteiger partial charge in [-0.1, -0.05) is 28.1 Å². The maximum Gasteiger partial charge on any atom is 0.322 e. The van der Waals surface area contributed by atoms with Crippen LogP contribution in [0, 0.1) is 11.8 Å². The van der Waals surface area contributed by atoms with Gasteiger partial charge in [-0.25, -0.2) is 0 Å². The molecule has 0 aromatic rings. The second kappa shape index (κ2) is 5.39. The minimum atomic E-state index is -1.09. The molecule has 3 heterocycles. The summed E-state index contributed by atoms with van der Waals surface area (Å²) >= 11 is 3.19. The monoisotopic (exact) mass is 387 g/mol. The highest BCUT2D eigenvalue weighted by atomic mass is 79.9. The molecule has 0 spiro atoms. The number of amides is 2. The lowest BCUT2D eigenvalue weighted by atomic mass is 9.77. The maximum absolute atomic E-state index is 12.6. The van der Waals surface area contributed by atoms with Gasteiger partial charge in [0.25, 0.3) is 0 Å². The number of hydrogen-bond donors (Lipinski definition) is 1. The number of esters is 1. The van der Waals surface area contributed by atoms with Gasteiger partial charge < -0.3 is 14.6 Å². The van der Waals surface area contributed by atoms with Gasteiger partial charge in [0, 0.05) is 0 Å². The lowest BCUT2D eigenvalue weighted by Gasteiger charge is -2.26. The predicted molar refractivity (Wildman–Crippen MR) is 81.5 cm³/mol. The van der Waals surface area contributed by atoms with Crippen LogP contribution in [0.15, 0.2) is 12.2 Å². The number of nitrogens with zero attached hydrogens (tertiary/aromatic N) is 1. The fourth-order valence-electron chi connectivity index (χ4n) is 3.37. The summed E-state index contributed by atoms with van der Waals surface area (Å²) in [5, 5.41) is 9.59. The summed E-state index contributed by atoms with van der Waals surface area (Å²) < 4.78 is 9.89. The van der Waals surface area contributed by atoms with Crippen molar-refractivity contribution in [3.05, 3.63) is 12.2 Å². The standard InChI is InChI=1S/C15H18BrNO6/c1-14(2,16)13(21)22-6-5-17-11(19)9-8-3-4-15(7-18,23-8)10(9)12(17)20/h3-4,8-10,18H,5-7H2,1-2H3. The van der Waals surface area contributed by atoms with Crippen LogP contribution in [0.25, 0.3) is 0 Å². The first kappa shape index (κ1) is 16.6. The Kier molecular flexibility index (Phi) is 3.89. The Hall–Kier alpha value is -1.25. The molecule has 2 amide bonds. The number of aliphatic hydroxyl groups is 1. The number of carbonyl (C=O) groups is 3. The smallest absolute Gasteiger partial charge is 0.322 e. The van der Waals surface area contributed by atoms with Crippen molar-refractivity contribution in [1.29, 1.82) is 0 Å². The van der Waals surface area contributed by atoms with Crippen LogP contribution in [0.3, 0.4) is 0 Å². The molecule has 0 radical (unpaired) electrons. The lowest BCUT2D eigenvalue weighted by Crippen LogP contribution is -2.44. The fourth-order valence-corrected chi connectivity index (χ4v) is 3.48. The Labute approximate surface area is 141 Å². The minimum Gasteiger partial charge on any atom is -0.463 e. The first-order chi connectivity index (χ1) is 10.7. The number of halogens is 1. The molecule has 0 saturated carbocycles. The molecule has 0 aliphatic carbocycles. The van der Waals surface area contributed by atoms with E-state index in [1.807, 2.05) is 0 Å². The normalized spacial score (nSPS) is 35.1. The van der Waals surface area contributed by atoms with Crippen molar-refractivity contribution in [3.8, 4) is 0 Å². The number of likely N-dealkylation sites (tertiary alicyclic amines) is 1. The molecule has 2 bridgehead atoms. The molecular weight excluding hydrogens is 370 g/mol. The van der Waals surface area contributed by atoms with Crippen molar-refractivity contribution >= 4 is 33.7 Å². The van der Waals surface area contributed by atoms with Crippen molar-refractivity contribution in [2.24, 2.45) is 11.8 Å². The Bertz CT molecular complexity index is 597. The molecular formula is C15H18BrNO6. The van der Waals surface area contributed by atoms with Crippen LogP contribution in [-0.2, 0) is 23.9 Å². The number of hydrogen-bond acceptors (Lipinski definition) is 6. The quantitative estimate of drug-likeness (QED) is 0.309. The molecule has 1 N–H and O–H groups in total. The molecule has 3 aliphatic rings. The molecule has 4 atom stereocenters. The lowest BCUT2D eigenvalue weighted by molar-refractivity contribution is -0.152. The molecule has 0 aromatic carbocycles. The zero-order valence-electron chi connectivity index (χ0n) is 12.8. The molecule has 8 heteroatoms. The number of carbonyl (C=O) groups excluding carboxylic acids is 3. The van der Waals surface area contributed by atoms with Crippen LogP contribution in [0.5, 0.6) is 0 Å². The van der Waals surface area contributed by atoms with Gasteiger partial charge in [-0.15, -0.1) is 0 Å². The van der Waals surface area contributed by atoms with Gasteiger partial charge in [0.1, 0.15) is 16.5 Å². The summed E-state index contributed by atoms with van der Waals surface area (Å²) in [6.45, 7) is 2.90. The van der Waals surface area contributed by atoms with E-state index in [0.717, 1.165) is 4.90 Å². The van der Waals surface area contributed by atoms with E-state index in [-0.39, 0.29) is 31.6 Å². The van der Waals surface area contributed by atoms with Crippen molar-refractivity contribution < 1.29 is 29.0 Å². The third kappa shape index (κ3) is 2.43. The van der Waals surface area contributed by atoms with E-state index >= 15 is 0 Å². The van der Waals surface area contributed by atoms with Gasteiger partial charge in [-0.3, -0.25) is 19.3 Å². The molecule has 23 heavy (non-hydrogen) atoms. The van der Waals surface area contributed by atoms with Crippen LogP contribution in [0.4, 0.5) is 0 Å². The van der Waals surface area contributed by atoms with Crippen LogP contribution in [0.1, 0.15) is 13.8 Å². The van der Waals surface area contributed by atoms with Crippen molar-refractivity contribution in [2.45, 2.75) is 29.9 Å². The molecule has 2 saturated heterocycles. The number of alkyl halides is 1. The molecule has 3 aliphatic heterocycles.